The Morgan fingerprint density at radius 3 is 2.49 bits per heavy atom. The number of ether oxygens (including phenoxy) is 2. The van der Waals surface area contributed by atoms with Crippen molar-refractivity contribution in [2.45, 2.75) is 69.7 Å². The molecule has 0 radical (unpaired) electrons. The minimum absolute atomic E-state index is 0.0756. The van der Waals surface area contributed by atoms with Crippen LogP contribution in [0.1, 0.15) is 45.1 Å². The van der Waals surface area contributed by atoms with Crippen molar-refractivity contribution in [2.75, 3.05) is 31.6 Å². The Morgan fingerprint density at radius 1 is 1.11 bits per heavy atom. The lowest BCUT2D eigenvalue weighted by Crippen LogP contribution is -2.62. The van der Waals surface area contributed by atoms with E-state index in [-0.39, 0.29) is 18.1 Å². The Morgan fingerprint density at radius 2 is 1.83 bits per heavy atom. The lowest BCUT2D eigenvalue weighted by atomic mass is 9.95. The zero-order valence-electron chi connectivity index (χ0n) is 21.2. The van der Waals surface area contributed by atoms with Crippen LogP contribution in [0.25, 0.3) is 0 Å². The molecule has 1 aliphatic heterocycles. The third-order valence-electron chi connectivity index (χ3n) is 7.22. The highest BCUT2D eigenvalue weighted by Gasteiger charge is 2.38. The maximum absolute atomic E-state index is 13.3. The van der Waals surface area contributed by atoms with Crippen LogP contribution >= 0.6 is 0 Å². The molecular formula is C28H39N3O4. The summed E-state index contributed by atoms with van der Waals surface area (Å²) in [6, 6.07) is 15.2. The van der Waals surface area contributed by atoms with E-state index in [1.807, 2.05) is 29.2 Å². The molecular weight excluding hydrogens is 442 g/mol. The van der Waals surface area contributed by atoms with Crippen molar-refractivity contribution in [2.24, 2.45) is 5.73 Å². The quantitative estimate of drug-likeness (QED) is 0.601. The number of nitrogens with two attached hydrogens (primary N) is 1. The predicted molar refractivity (Wildman–Crippen MR) is 138 cm³/mol. The second kappa shape index (κ2) is 10.9. The van der Waals surface area contributed by atoms with Crippen molar-refractivity contribution < 1.29 is 19.4 Å². The summed E-state index contributed by atoms with van der Waals surface area (Å²) in [4.78, 5) is 17.5. The molecule has 0 bridgehead atoms. The molecule has 2 aliphatic rings. The summed E-state index contributed by atoms with van der Waals surface area (Å²) in [6.45, 7) is 5.03. The van der Waals surface area contributed by atoms with Gasteiger partial charge in [0.1, 0.15) is 6.04 Å². The zero-order chi connectivity index (χ0) is 25.0. The SMILES string of the molecule is COc1ccc(N2CCN(C(=O)C(N)C(C)(C)O)C(Cc3ccccc3)C2)cc1OC1CCCC1. The minimum Gasteiger partial charge on any atom is -0.493 e. The summed E-state index contributed by atoms with van der Waals surface area (Å²) in [5.41, 5.74) is 7.10. The zero-order valence-corrected chi connectivity index (χ0v) is 21.2. The van der Waals surface area contributed by atoms with E-state index in [0.717, 1.165) is 35.6 Å². The summed E-state index contributed by atoms with van der Waals surface area (Å²) >= 11 is 0. The van der Waals surface area contributed by atoms with Crippen molar-refractivity contribution in [1.82, 2.24) is 4.90 Å². The first-order valence-electron chi connectivity index (χ1n) is 12.7. The smallest absolute Gasteiger partial charge is 0.242 e. The molecule has 2 aromatic carbocycles. The standard InChI is InChI=1S/C28H39N3O4/c1-28(2,33)26(29)27(32)31-16-15-30(19-22(31)17-20-9-5-4-6-10-20)21-13-14-24(34-3)25(18-21)35-23-11-7-8-12-23/h4-6,9-10,13-14,18,22-23,26,33H,7-8,11-12,15-17,19,29H2,1-3H3. The lowest BCUT2D eigenvalue weighted by molar-refractivity contribution is -0.140. The van der Waals surface area contributed by atoms with Crippen molar-refractivity contribution in [3.8, 4) is 11.5 Å². The van der Waals surface area contributed by atoms with Gasteiger partial charge in [-0.05, 0) is 63.6 Å². The van der Waals surface area contributed by atoms with E-state index in [2.05, 4.69) is 29.2 Å². The summed E-state index contributed by atoms with van der Waals surface area (Å²) < 4.78 is 11.9. The third kappa shape index (κ3) is 6.08. The predicted octanol–water partition coefficient (Wildman–Crippen LogP) is 3.37. The molecule has 1 saturated heterocycles. The lowest BCUT2D eigenvalue weighted by Gasteiger charge is -2.44. The molecule has 4 rings (SSSR count). The van der Waals surface area contributed by atoms with Crippen molar-refractivity contribution in [3.05, 3.63) is 54.1 Å². The Hall–Kier alpha value is -2.77. The number of hydrogen-bond acceptors (Lipinski definition) is 6. The van der Waals surface area contributed by atoms with Crippen LogP contribution in [0.3, 0.4) is 0 Å². The fourth-order valence-electron chi connectivity index (χ4n) is 5.06. The summed E-state index contributed by atoms with van der Waals surface area (Å²) in [5.74, 6) is 1.31. The van der Waals surface area contributed by atoms with Crippen molar-refractivity contribution >= 4 is 11.6 Å². The monoisotopic (exact) mass is 481 g/mol. The Kier molecular flexibility index (Phi) is 7.87. The van der Waals surface area contributed by atoms with E-state index in [9.17, 15) is 9.90 Å². The number of nitrogens with zero attached hydrogens (tertiary/aromatic N) is 2. The van der Waals surface area contributed by atoms with E-state index in [0.29, 0.717) is 26.1 Å². The molecule has 2 aromatic rings. The van der Waals surface area contributed by atoms with Gasteiger partial charge in [-0.15, -0.1) is 0 Å². The molecule has 7 nitrogen and oxygen atoms in total. The van der Waals surface area contributed by atoms with Gasteiger partial charge in [-0.25, -0.2) is 0 Å². The highest BCUT2D eigenvalue weighted by atomic mass is 16.5. The number of rotatable bonds is 8. The number of benzene rings is 2. The number of aliphatic hydroxyl groups is 1. The molecule has 0 spiro atoms. The molecule has 1 aliphatic carbocycles. The number of carbonyl (C=O) groups is 1. The number of carbonyl (C=O) groups excluding carboxylic acids is 1. The fourth-order valence-corrected chi connectivity index (χ4v) is 5.06. The maximum Gasteiger partial charge on any atom is 0.242 e. The molecule has 2 unspecified atom stereocenters. The van der Waals surface area contributed by atoms with E-state index in [1.54, 1.807) is 21.0 Å². The summed E-state index contributed by atoms with van der Waals surface area (Å²) in [7, 11) is 1.67. The molecule has 0 aromatic heterocycles. The van der Waals surface area contributed by atoms with Crippen LogP contribution in [0.4, 0.5) is 5.69 Å². The van der Waals surface area contributed by atoms with Crippen LogP contribution < -0.4 is 20.1 Å². The molecule has 2 fully saturated rings. The van der Waals surface area contributed by atoms with Gasteiger partial charge in [0, 0.05) is 31.4 Å². The van der Waals surface area contributed by atoms with E-state index < -0.39 is 11.6 Å². The minimum atomic E-state index is -1.28. The average Bonchev–Trinajstić information content (AvgIpc) is 3.36. The summed E-state index contributed by atoms with van der Waals surface area (Å²) in [5, 5.41) is 10.4. The molecule has 1 saturated carbocycles. The van der Waals surface area contributed by atoms with Crippen LogP contribution in [0.15, 0.2) is 48.5 Å². The van der Waals surface area contributed by atoms with Gasteiger partial charge in [-0.1, -0.05) is 30.3 Å². The van der Waals surface area contributed by atoms with Crippen LogP contribution in [-0.4, -0.2) is 66.4 Å². The fraction of sp³-hybridized carbons (Fsp3) is 0.536. The number of piperazine rings is 1. The van der Waals surface area contributed by atoms with Crippen LogP contribution in [-0.2, 0) is 11.2 Å². The Labute approximate surface area is 208 Å². The van der Waals surface area contributed by atoms with Gasteiger partial charge in [0.15, 0.2) is 11.5 Å². The largest absolute Gasteiger partial charge is 0.493 e. The van der Waals surface area contributed by atoms with Crippen LogP contribution in [0.5, 0.6) is 11.5 Å². The molecule has 2 atom stereocenters. The van der Waals surface area contributed by atoms with E-state index in [4.69, 9.17) is 15.2 Å². The Balaban J connectivity index is 1.56. The van der Waals surface area contributed by atoms with E-state index in [1.165, 1.54) is 12.8 Å². The molecule has 7 heteroatoms. The highest BCUT2D eigenvalue weighted by molar-refractivity contribution is 5.83. The van der Waals surface area contributed by atoms with Gasteiger partial charge in [-0.2, -0.15) is 0 Å². The van der Waals surface area contributed by atoms with Crippen molar-refractivity contribution in [3.63, 3.8) is 0 Å². The van der Waals surface area contributed by atoms with Gasteiger partial charge in [0.25, 0.3) is 0 Å². The first-order chi connectivity index (χ1) is 16.8. The molecule has 3 N–H and O–H groups in total. The number of anilines is 1. The normalized spacial score (nSPS) is 20.1. The van der Waals surface area contributed by atoms with Crippen molar-refractivity contribution in [1.29, 1.82) is 0 Å². The van der Waals surface area contributed by atoms with Gasteiger partial charge in [-0.3, -0.25) is 4.79 Å². The summed E-state index contributed by atoms with van der Waals surface area (Å²) in [6.07, 6.45) is 5.52. The molecule has 1 heterocycles. The Bertz CT molecular complexity index is 985. The molecule has 190 valence electrons. The number of methoxy groups -OCH3 is 1. The van der Waals surface area contributed by atoms with E-state index >= 15 is 0 Å². The third-order valence-corrected chi connectivity index (χ3v) is 7.22. The molecule has 1 amide bonds. The number of amides is 1. The topological polar surface area (TPSA) is 88.3 Å². The maximum atomic E-state index is 13.3. The number of hydrogen-bond donors (Lipinski definition) is 2. The second-order valence-electron chi connectivity index (χ2n) is 10.3. The van der Waals surface area contributed by atoms with Crippen LogP contribution in [0.2, 0.25) is 0 Å². The van der Waals surface area contributed by atoms with Crippen LogP contribution in [0, 0.1) is 0 Å². The van der Waals surface area contributed by atoms with Gasteiger partial charge >= 0.3 is 0 Å². The first kappa shape index (κ1) is 25.3. The second-order valence-corrected chi connectivity index (χ2v) is 10.3. The highest BCUT2D eigenvalue weighted by Crippen LogP contribution is 2.36. The van der Waals surface area contributed by atoms with Gasteiger partial charge in [0.2, 0.25) is 5.91 Å². The average molecular weight is 482 g/mol. The first-order valence-corrected chi connectivity index (χ1v) is 12.7. The van der Waals surface area contributed by atoms with Gasteiger partial charge in [0.05, 0.1) is 24.9 Å². The van der Waals surface area contributed by atoms with Gasteiger partial charge < -0.3 is 30.1 Å². The molecule has 35 heavy (non-hydrogen) atoms.